The highest BCUT2D eigenvalue weighted by Gasteiger charge is 2.13. The van der Waals surface area contributed by atoms with E-state index in [9.17, 15) is 13.6 Å². The van der Waals surface area contributed by atoms with Crippen LogP contribution >= 0.6 is 0 Å². The van der Waals surface area contributed by atoms with E-state index in [1.54, 1.807) is 0 Å². The zero-order chi connectivity index (χ0) is 21.4. The van der Waals surface area contributed by atoms with E-state index in [1.165, 1.54) is 24.6 Å². The number of benzene rings is 1. The van der Waals surface area contributed by atoms with Crippen molar-refractivity contribution < 1.29 is 13.6 Å². The zero-order valence-corrected chi connectivity index (χ0v) is 17.7. The number of carbonyl (C=O) groups is 1. The average molecular weight is 404 g/mol. The lowest BCUT2D eigenvalue weighted by Crippen LogP contribution is -2.37. The standard InChI is InChI=1S/C23H31F2N3O/c1-16(29)28-21(12-18-9-19(24)13-20(25)10-18)6-7-26-15-22-11-17(5-8-27-22)14-23(2,3)4/h5,8-11,13,21,26H,6-7,12,14-15H2,1-4H3,(H,28,29)/t21-/m1/s1. The van der Waals surface area contributed by atoms with Crippen LogP contribution in [0.2, 0.25) is 0 Å². The van der Waals surface area contributed by atoms with E-state index in [2.05, 4.69) is 42.5 Å². The summed E-state index contributed by atoms with van der Waals surface area (Å²) in [5, 5.41) is 6.20. The maximum atomic E-state index is 13.4. The summed E-state index contributed by atoms with van der Waals surface area (Å²) in [6.45, 7) is 9.33. The number of rotatable bonds is 9. The number of nitrogens with one attached hydrogen (secondary N) is 2. The lowest BCUT2D eigenvalue weighted by Gasteiger charge is -2.19. The van der Waals surface area contributed by atoms with Gasteiger partial charge in [0.25, 0.3) is 0 Å². The second kappa shape index (κ2) is 10.4. The molecule has 4 nitrogen and oxygen atoms in total. The number of amides is 1. The Morgan fingerprint density at radius 3 is 2.41 bits per heavy atom. The van der Waals surface area contributed by atoms with Crippen LogP contribution in [0.3, 0.4) is 0 Å². The fourth-order valence-electron chi connectivity index (χ4n) is 3.37. The summed E-state index contributed by atoms with van der Waals surface area (Å²) in [4.78, 5) is 15.9. The quantitative estimate of drug-likeness (QED) is 0.618. The molecule has 2 N–H and O–H groups in total. The summed E-state index contributed by atoms with van der Waals surface area (Å²) in [5.41, 5.74) is 2.97. The molecule has 0 aliphatic rings. The van der Waals surface area contributed by atoms with Crippen LogP contribution < -0.4 is 10.6 Å². The van der Waals surface area contributed by atoms with Gasteiger partial charge < -0.3 is 10.6 Å². The van der Waals surface area contributed by atoms with E-state index >= 15 is 0 Å². The van der Waals surface area contributed by atoms with Gasteiger partial charge in [-0.2, -0.15) is 0 Å². The molecule has 0 aliphatic heterocycles. The van der Waals surface area contributed by atoms with Crippen molar-refractivity contribution in [2.45, 2.75) is 59.5 Å². The monoisotopic (exact) mass is 403 g/mol. The highest BCUT2D eigenvalue weighted by molar-refractivity contribution is 5.73. The number of aromatic nitrogens is 1. The van der Waals surface area contributed by atoms with Crippen molar-refractivity contribution in [2.24, 2.45) is 5.41 Å². The van der Waals surface area contributed by atoms with Gasteiger partial charge in [-0.3, -0.25) is 9.78 Å². The third-order valence-electron chi connectivity index (χ3n) is 4.40. The summed E-state index contributed by atoms with van der Waals surface area (Å²) in [6.07, 6.45) is 3.82. The summed E-state index contributed by atoms with van der Waals surface area (Å²) < 4.78 is 26.8. The lowest BCUT2D eigenvalue weighted by atomic mass is 9.88. The third-order valence-corrected chi connectivity index (χ3v) is 4.40. The maximum absolute atomic E-state index is 13.4. The molecule has 0 bridgehead atoms. The Bertz CT molecular complexity index is 798. The molecule has 1 heterocycles. The third kappa shape index (κ3) is 9.13. The van der Waals surface area contributed by atoms with Crippen LogP contribution in [0, 0.1) is 17.0 Å². The number of halogens is 2. The smallest absolute Gasteiger partial charge is 0.217 e. The number of carbonyl (C=O) groups excluding carboxylic acids is 1. The molecule has 0 aliphatic carbocycles. The van der Waals surface area contributed by atoms with E-state index in [0.29, 0.717) is 31.5 Å². The van der Waals surface area contributed by atoms with Crippen molar-refractivity contribution in [3.63, 3.8) is 0 Å². The lowest BCUT2D eigenvalue weighted by molar-refractivity contribution is -0.119. The van der Waals surface area contributed by atoms with Gasteiger partial charge in [-0.15, -0.1) is 0 Å². The van der Waals surface area contributed by atoms with Gasteiger partial charge in [0.05, 0.1) is 5.69 Å². The number of nitrogens with zero attached hydrogens (tertiary/aromatic N) is 1. The van der Waals surface area contributed by atoms with Crippen molar-refractivity contribution in [1.29, 1.82) is 0 Å². The topological polar surface area (TPSA) is 54.0 Å². The molecular weight excluding hydrogens is 372 g/mol. The molecule has 0 saturated heterocycles. The van der Waals surface area contributed by atoms with Gasteiger partial charge in [0.2, 0.25) is 5.91 Å². The minimum atomic E-state index is -0.610. The molecule has 158 valence electrons. The van der Waals surface area contributed by atoms with Crippen LogP contribution in [0.15, 0.2) is 36.5 Å². The van der Waals surface area contributed by atoms with Crippen LogP contribution in [0.1, 0.15) is 50.9 Å². The summed E-state index contributed by atoms with van der Waals surface area (Å²) in [6, 6.07) is 7.39. The molecule has 2 rings (SSSR count). The van der Waals surface area contributed by atoms with Gasteiger partial charge in [-0.05, 0) is 66.6 Å². The van der Waals surface area contributed by atoms with Gasteiger partial charge in [-0.25, -0.2) is 8.78 Å². The second-order valence-corrected chi connectivity index (χ2v) is 8.74. The normalized spacial score (nSPS) is 12.6. The predicted octanol–water partition coefficient (Wildman–Crippen LogP) is 4.18. The Balaban J connectivity index is 1.88. The molecule has 0 unspecified atom stereocenters. The van der Waals surface area contributed by atoms with Crippen LogP contribution in [0.25, 0.3) is 0 Å². The molecule has 0 radical (unpaired) electrons. The summed E-state index contributed by atoms with van der Waals surface area (Å²) in [7, 11) is 0. The Labute approximate surface area is 172 Å². The van der Waals surface area contributed by atoms with Gasteiger partial charge in [0.1, 0.15) is 11.6 Å². The van der Waals surface area contributed by atoms with Crippen LogP contribution in [0.4, 0.5) is 8.78 Å². The van der Waals surface area contributed by atoms with E-state index in [1.807, 2.05) is 12.3 Å². The highest BCUT2D eigenvalue weighted by Crippen LogP contribution is 2.20. The molecule has 0 fully saturated rings. The Kier molecular flexibility index (Phi) is 8.26. The minimum Gasteiger partial charge on any atom is -0.353 e. The van der Waals surface area contributed by atoms with Gasteiger partial charge in [0, 0.05) is 31.8 Å². The molecule has 2 aromatic rings. The number of hydrogen-bond donors (Lipinski definition) is 2. The van der Waals surface area contributed by atoms with E-state index < -0.39 is 11.6 Å². The second-order valence-electron chi connectivity index (χ2n) is 8.74. The summed E-state index contributed by atoms with van der Waals surface area (Å²) in [5.74, 6) is -1.38. The highest BCUT2D eigenvalue weighted by atomic mass is 19.1. The average Bonchev–Trinajstić information content (AvgIpc) is 2.56. The first kappa shape index (κ1) is 22.9. The van der Waals surface area contributed by atoms with Gasteiger partial charge >= 0.3 is 0 Å². The van der Waals surface area contributed by atoms with E-state index in [0.717, 1.165) is 18.2 Å². The largest absolute Gasteiger partial charge is 0.353 e. The Morgan fingerprint density at radius 1 is 1.10 bits per heavy atom. The van der Waals surface area contributed by atoms with Crippen LogP contribution in [-0.4, -0.2) is 23.5 Å². The molecule has 1 atom stereocenters. The van der Waals surface area contributed by atoms with Crippen LogP contribution in [-0.2, 0) is 24.2 Å². The summed E-state index contributed by atoms with van der Waals surface area (Å²) >= 11 is 0. The van der Waals surface area contributed by atoms with Crippen molar-refractivity contribution in [2.75, 3.05) is 6.54 Å². The number of pyridine rings is 1. The van der Waals surface area contributed by atoms with Gasteiger partial charge in [-0.1, -0.05) is 20.8 Å². The van der Waals surface area contributed by atoms with E-state index in [-0.39, 0.29) is 17.4 Å². The molecule has 1 aromatic carbocycles. The molecule has 29 heavy (non-hydrogen) atoms. The SMILES string of the molecule is CC(=O)N[C@H](CCNCc1cc(CC(C)(C)C)ccn1)Cc1cc(F)cc(F)c1. The van der Waals surface area contributed by atoms with Crippen molar-refractivity contribution in [1.82, 2.24) is 15.6 Å². The van der Waals surface area contributed by atoms with Gasteiger partial charge in [0.15, 0.2) is 0 Å². The zero-order valence-electron chi connectivity index (χ0n) is 17.7. The molecule has 6 heteroatoms. The first-order valence-electron chi connectivity index (χ1n) is 9.97. The first-order chi connectivity index (χ1) is 13.6. The van der Waals surface area contributed by atoms with Crippen molar-refractivity contribution in [3.05, 3.63) is 65.0 Å². The van der Waals surface area contributed by atoms with Crippen LogP contribution in [0.5, 0.6) is 0 Å². The maximum Gasteiger partial charge on any atom is 0.217 e. The molecule has 1 aromatic heterocycles. The minimum absolute atomic E-state index is 0.163. The molecule has 0 spiro atoms. The molecular formula is C23H31F2N3O. The fraction of sp³-hybridized carbons (Fsp3) is 0.478. The van der Waals surface area contributed by atoms with Crippen molar-refractivity contribution >= 4 is 5.91 Å². The predicted molar refractivity (Wildman–Crippen MR) is 111 cm³/mol. The van der Waals surface area contributed by atoms with E-state index in [4.69, 9.17) is 0 Å². The molecule has 1 amide bonds. The molecule has 0 saturated carbocycles. The first-order valence-corrected chi connectivity index (χ1v) is 9.97. The Morgan fingerprint density at radius 2 is 1.79 bits per heavy atom. The number of hydrogen-bond acceptors (Lipinski definition) is 3. The Hall–Kier alpha value is -2.34. The fourth-order valence-corrected chi connectivity index (χ4v) is 3.37. The van der Waals surface area contributed by atoms with Crippen molar-refractivity contribution in [3.8, 4) is 0 Å².